The monoisotopic (exact) mass is 140 g/mol. The highest BCUT2D eigenvalue weighted by atomic mass is 16.6. The Bertz CT molecular complexity index is 213. The summed E-state index contributed by atoms with van der Waals surface area (Å²) < 4.78 is 4.34. The zero-order valence-corrected chi connectivity index (χ0v) is 5.88. The number of ether oxygens (including phenoxy) is 1. The van der Waals surface area contributed by atoms with Gasteiger partial charge in [-0.25, -0.2) is 4.79 Å². The molecule has 0 unspecified atom stereocenters. The van der Waals surface area contributed by atoms with Crippen LogP contribution in [0.25, 0.3) is 0 Å². The Morgan fingerprint density at radius 3 is 2.40 bits per heavy atom. The van der Waals surface area contributed by atoms with E-state index in [1.165, 1.54) is 6.08 Å². The quantitative estimate of drug-likeness (QED) is 0.366. The fraction of sp³-hybridized carbons (Fsp3) is 0.429. The summed E-state index contributed by atoms with van der Waals surface area (Å²) in [5.41, 5.74) is -0.645. The van der Waals surface area contributed by atoms with Crippen LogP contribution in [0.15, 0.2) is 12.2 Å². The third kappa shape index (κ3) is 1.07. The van der Waals surface area contributed by atoms with E-state index in [-0.39, 0.29) is 0 Å². The van der Waals surface area contributed by atoms with Crippen LogP contribution in [-0.4, -0.2) is 11.9 Å². The standard InChI is InChI=1S/C7H8O3/c1-7(2)4-3-5(8)10-6(7)9/h3-4H,1-2H3. The third-order valence-corrected chi connectivity index (χ3v) is 1.36. The van der Waals surface area contributed by atoms with Gasteiger partial charge in [0.05, 0.1) is 5.41 Å². The van der Waals surface area contributed by atoms with E-state index in [0.717, 1.165) is 0 Å². The van der Waals surface area contributed by atoms with Crippen molar-refractivity contribution in [1.29, 1.82) is 0 Å². The van der Waals surface area contributed by atoms with Gasteiger partial charge < -0.3 is 4.74 Å². The van der Waals surface area contributed by atoms with Crippen molar-refractivity contribution in [3.63, 3.8) is 0 Å². The fourth-order valence-corrected chi connectivity index (χ4v) is 0.601. The van der Waals surface area contributed by atoms with Gasteiger partial charge in [0.25, 0.3) is 0 Å². The van der Waals surface area contributed by atoms with Crippen molar-refractivity contribution in [3.8, 4) is 0 Å². The summed E-state index contributed by atoms with van der Waals surface area (Å²) in [5, 5.41) is 0. The van der Waals surface area contributed by atoms with Gasteiger partial charge in [-0.2, -0.15) is 0 Å². The number of carbonyl (C=O) groups excluding carboxylic acids is 2. The van der Waals surface area contributed by atoms with Gasteiger partial charge in [0.1, 0.15) is 0 Å². The van der Waals surface area contributed by atoms with E-state index in [9.17, 15) is 9.59 Å². The molecule has 0 atom stereocenters. The Hall–Kier alpha value is -1.12. The lowest BCUT2D eigenvalue weighted by molar-refractivity contribution is -0.162. The van der Waals surface area contributed by atoms with Gasteiger partial charge in [-0.1, -0.05) is 6.08 Å². The largest absolute Gasteiger partial charge is 0.389 e. The van der Waals surface area contributed by atoms with Crippen LogP contribution < -0.4 is 0 Å². The minimum absolute atomic E-state index is 0.486. The summed E-state index contributed by atoms with van der Waals surface area (Å²) in [7, 11) is 0. The van der Waals surface area contributed by atoms with E-state index < -0.39 is 17.4 Å². The lowest BCUT2D eigenvalue weighted by atomic mass is 9.92. The molecule has 0 aromatic rings. The number of carbonyl (C=O) groups is 2. The maximum absolute atomic E-state index is 10.8. The van der Waals surface area contributed by atoms with Crippen LogP contribution in [0.3, 0.4) is 0 Å². The summed E-state index contributed by atoms with van der Waals surface area (Å²) in [6.07, 6.45) is 2.81. The summed E-state index contributed by atoms with van der Waals surface area (Å²) in [5.74, 6) is -1.07. The molecule has 54 valence electrons. The van der Waals surface area contributed by atoms with Gasteiger partial charge in [-0.3, -0.25) is 4.79 Å². The number of hydrogen-bond acceptors (Lipinski definition) is 3. The van der Waals surface area contributed by atoms with Crippen LogP contribution in [0.2, 0.25) is 0 Å². The van der Waals surface area contributed by atoms with Crippen molar-refractivity contribution in [2.45, 2.75) is 13.8 Å². The third-order valence-electron chi connectivity index (χ3n) is 1.36. The van der Waals surface area contributed by atoms with Crippen LogP contribution in [0.4, 0.5) is 0 Å². The lowest BCUT2D eigenvalue weighted by Crippen LogP contribution is -2.30. The highest BCUT2D eigenvalue weighted by molar-refractivity contribution is 5.98. The molecule has 0 N–H and O–H groups in total. The number of esters is 2. The predicted octanol–water partition coefficient (Wildman–Crippen LogP) is 0.652. The van der Waals surface area contributed by atoms with Crippen molar-refractivity contribution in [2.24, 2.45) is 5.41 Å². The van der Waals surface area contributed by atoms with E-state index in [4.69, 9.17) is 0 Å². The summed E-state index contributed by atoms with van der Waals surface area (Å²) in [6.45, 7) is 3.39. The molecular formula is C7H8O3. The Kier molecular flexibility index (Phi) is 1.35. The number of hydrogen-bond donors (Lipinski definition) is 0. The summed E-state index contributed by atoms with van der Waals surface area (Å²) in [4.78, 5) is 21.3. The zero-order chi connectivity index (χ0) is 7.78. The molecule has 0 amide bonds. The van der Waals surface area contributed by atoms with Gasteiger partial charge in [0.2, 0.25) is 0 Å². The molecular weight excluding hydrogens is 132 g/mol. The molecule has 0 bridgehead atoms. The second-order valence-corrected chi connectivity index (χ2v) is 2.76. The van der Waals surface area contributed by atoms with Crippen molar-refractivity contribution < 1.29 is 14.3 Å². The molecule has 1 aliphatic heterocycles. The minimum Gasteiger partial charge on any atom is -0.389 e. The van der Waals surface area contributed by atoms with Gasteiger partial charge >= 0.3 is 11.9 Å². The van der Waals surface area contributed by atoms with E-state index >= 15 is 0 Å². The smallest absolute Gasteiger partial charge is 0.338 e. The van der Waals surface area contributed by atoms with Gasteiger partial charge in [0, 0.05) is 6.08 Å². The van der Waals surface area contributed by atoms with Crippen molar-refractivity contribution in [1.82, 2.24) is 0 Å². The molecule has 10 heavy (non-hydrogen) atoms. The molecule has 1 rings (SSSR count). The van der Waals surface area contributed by atoms with E-state index in [1.807, 2.05) is 0 Å². The molecule has 0 aromatic carbocycles. The summed E-state index contributed by atoms with van der Waals surface area (Å²) in [6, 6.07) is 0. The van der Waals surface area contributed by atoms with Crippen molar-refractivity contribution in [3.05, 3.63) is 12.2 Å². The second kappa shape index (κ2) is 1.94. The Balaban J connectivity index is 2.93. The van der Waals surface area contributed by atoms with Crippen LogP contribution >= 0.6 is 0 Å². The molecule has 1 aliphatic rings. The van der Waals surface area contributed by atoms with E-state index in [1.54, 1.807) is 19.9 Å². The molecule has 3 heteroatoms. The SMILES string of the molecule is CC1(C)C=CC(=O)OC1=O. The Morgan fingerprint density at radius 1 is 1.40 bits per heavy atom. The fourth-order valence-electron chi connectivity index (χ4n) is 0.601. The molecule has 3 nitrogen and oxygen atoms in total. The summed E-state index contributed by atoms with van der Waals surface area (Å²) >= 11 is 0. The highest BCUT2D eigenvalue weighted by Gasteiger charge is 2.31. The lowest BCUT2D eigenvalue weighted by Gasteiger charge is -2.19. The normalized spacial score (nSPS) is 22.6. The average molecular weight is 140 g/mol. The van der Waals surface area contributed by atoms with Crippen LogP contribution in [0.1, 0.15) is 13.8 Å². The van der Waals surface area contributed by atoms with Gasteiger partial charge in [-0.15, -0.1) is 0 Å². The molecule has 0 radical (unpaired) electrons. The molecule has 1 heterocycles. The molecule has 0 aromatic heterocycles. The van der Waals surface area contributed by atoms with E-state index in [0.29, 0.717) is 0 Å². The first kappa shape index (κ1) is 6.99. The van der Waals surface area contributed by atoms with Crippen LogP contribution in [-0.2, 0) is 14.3 Å². The molecule has 0 aliphatic carbocycles. The van der Waals surface area contributed by atoms with Crippen molar-refractivity contribution in [2.75, 3.05) is 0 Å². The predicted molar refractivity (Wildman–Crippen MR) is 34.0 cm³/mol. The topological polar surface area (TPSA) is 43.4 Å². The average Bonchev–Trinajstić information content (AvgIpc) is 1.81. The second-order valence-electron chi connectivity index (χ2n) is 2.76. The van der Waals surface area contributed by atoms with Gasteiger partial charge in [-0.05, 0) is 13.8 Å². The Morgan fingerprint density at radius 2 is 2.00 bits per heavy atom. The maximum Gasteiger partial charge on any atom is 0.338 e. The first-order chi connectivity index (χ1) is 4.52. The first-order valence-electron chi connectivity index (χ1n) is 2.98. The molecule has 0 spiro atoms. The Labute approximate surface area is 58.7 Å². The van der Waals surface area contributed by atoms with E-state index in [2.05, 4.69) is 4.74 Å². The highest BCUT2D eigenvalue weighted by Crippen LogP contribution is 2.22. The first-order valence-corrected chi connectivity index (χ1v) is 2.98. The van der Waals surface area contributed by atoms with Crippen molar-refractivity contribution >= 4 is 11.9 Å². The van der Waals surface area contributed by atoms with Crippen LogP contribution in [0, 0.1) is 5.41 Å². The van der Waals surface area contributed by atoms with Gasteiger partial charge in [0.15, 0.2) is 0 Å². The number of cyclic esters (lactones) is 2. The molecule has 0 fully saturated rings. The molecule has 0 saturated carbocycles. The number of rotatable bonds is 0. The maximum atomic E-state index is 10.8. The minimum atomic E-state index is -0.645. The molecule has 0 saturated heterocycles. The van der Waals surface area contributed by atoms with Crippen LogP contribution in [0.5, 0.6) is 0 Å². The zero-order valence-electron chi connectivity index (χ0n) is 5.88.